The molecule has 16 heteroatoms. The average molecular weight is 558 g/mol. The number of nitrogens with zero attached hydrogens (tertiary/aromatic N) is 6. The molecule has 0 aliphatic heterocycles. The second kappa shape index (κ2) is 9.48. The number of rotatable bonds is 6. The van der Waals surface area contributed by atoms with Crippen LogP contribution in [0.25, 0.3) is 10.9 Å². The summed E-state index contributed by atoms with van der Waals surface area (Å²) in [7, 11) is 4.57. The predicted molar refractivity (Wildman–Crippen MR) is 143 cm³/mol. The van der Waals surface area contributed by atoms with Crippen LogP contribution in [-0.4, -0.2) is 44.6 Å². The van der Waals surface area contributed by atoms with E-state index in [2.05, 4.69) is 20.4 Å². The van der Waals surface area contributed by atoms with Gasteiger partial charge in [-0.15, -0.1) is 11.3 Å². The highest BCUT2D eigenvalue weighted by Gasteiger charge is 2.33. The van der Waals surface area contributed by atoms with Crippen molar-refractivity contribution >= 4 is 61.2 Å². The van der Waals surface area contributed by atoms with Crippen molar-refractivity contribution < 1.29 is 13.2 Å². The lowest BCUT2D eigenvalue weighted by molar-refractivity contribution is 0.476. The zero-order valence-corrected chi connectivity index (χ0v) is 21.7. The van der Waals surface area contributed by atoms with Gasteiger partial charge in [0.1, 0.15) is 21.5 Å². The number of hydrogen-bond acceptors (Lipinski definition) is 7. The summed E-state index contributed by atoms with van der Waals surface area (Å²) in [5, 5.41) is 8.10. The number of halogens is 4. The van der Waals surface area contributed by atoms with Crippen LogP contribution in [-0.2, 0) is 18.9 Å². The van der Waals surface area contributed by atoms with Crippen LogP contribution in [0.4, 0.5) is 24.8 Å². The molecule has 0 bridgehead atoms. The molecule has 0 saturated heterocycles. The maximum Gasteiger partial charge on any atom is 0.355 e. The first-order chi connectivity index (χ1) is 18.0. The molecule has 0 fully saturated rings. The van der Waals surface area contributed by atoms with E-state index < -0.39 is 34.2 Å². The Kier molecular flexibility index (Phi) is 6.43. The SMILES string of the molecule is BC(B)(c1cc(F)c(F)cc1F)n1c(Nc2cc3cn(C)nc3cc2Cl)nc(=O)n(Cc2cscn2)c1=O. The zero-order chi connectivity index (χ0) is 27.4. The van der Waals surface area contributed by atoms with E-state index in [0.717, 1.165) is 9.13 Å². The highest BCUT2D eigenvalue weighted by atomic mass is 35.5. The zero-order valence-electron chi connectivity index (χ0n) is 20.2. The second-order valence-electron chi connectivity index (χ2n) is 9.03. The highest BCUT2D eigenvalue weighted by molar-refractivity contribution is 7.07. The van der Waals surface area contributed by atoms with Crippen molar-refractivity contribution in [3.63, 3.8) is 0 Å². The number of nitrogens with one attached hydrogen (secondary N) is 1. The Hall–Kier alpha value is -3.84. The van der Waals surface area contributed by atoms with Crippen LogP contribution in [0, 0.1) is 17.5 Å². The minimum absolute atomic E-state index is 0.201. The topological polar surface area (TPSA) is 99.6 Å². The van der Waals surface area contributed by atoms with Crippen molar-refractivity contribution in [2.45, 2.75) is 11.9 Å². The van der Waals surface area contributed by atoms with E-state index in [9.17, 15) is 22.8 Å². The Morgan fingerprint density at radius 1 is 1.11 bits per heavy atom. The molecule has 0 aliphatic rings. The van der Waals surface area contributed by atoms with E-state index in [-0.39, 0.29) is 28.8 Å². The van der Waals surface area contributed by atoms with E-state index in [1.807, 2.05) is 0 Å². The number of aromatic nitrogens is 6. The van der Waals surface area contributed by atoms with Crippen LogP contribution < -0.4 is 16.7 Å². The van der Waals surface area contributed by atoms with Gasteiger partial charge in [0.25, 0.3) is 0 Å². The van der Waals surface area contributed by atoms with E-state index in [1.165, 1.54) is 27.0 Å². The maximum atomic E-state index is 15.0. The van der Waals surface area contributed by atoms with E-state index in [0.29, 0.717) is 28.7 Å². The quantitative estimate of drug-likeness (QED) is 0.251. The van der Waals surface area contributed by atoms with Gasteiger partial charge in [0, 0.05) is 41.0 Å². The highest BCUT2D eigenvalue weighted by Crippen LogP contribution is 2.31. The fraction of sp³-hybridized carbons (Fsp3) is 0.136. The van der Waals surface area contributed by atoms with Crippen LogP contribution in [0.15, 0.2) is 50.9 Å². The van der Waals surface area contributed by atoms with Crippen LogP contribution in [0.2, 0.25) is 5.02 Å². The van der Waals surface area contributed by atoms with Crippen LogP contribution in [0.1, 0.15) is 11.3 Å². The molecule has 0 radical (unpaired) electrons. The van der Waals surface area contributed by atoms with Gasteiger partial charge in [0.05, 0.1) is 34.0 Å². The minimum Gasteiger partial charge on any atom is -0.324 e. The van der Waals surface area contributed by atoms with Crippen molar-refractivity contribution in [1.29, 1.82) is 0 Å². The average Bonchev–Trinajstić information content (AvgIpc) is 3.47. The molecule has 0 atom stereocenters. The lowest BCUT2D eigenvalue weighted by Crippen LogP contribution is -2.52. The number of fused-ring (bicyclic) bond motifs is 1. The van der Waals surface area contributed by atoms with Crippen molar-refractivity contribution in [3.8, 4) is 0 Å². The lowest BCUT2D eigenvalue weighted by Gasteiger charge is -2.31. The Morgan fingerprint density at radius 2 is 1.84 bits per heavy atom. The molecule has 38 heavy (non-hydrogen) atoms. The fourth-order valence-corrected chi connectivity index (χ4v) is 4.95. The summed E-state index contributed by atoms with van der Waals surface area (Å²) in [5.41, 5.74) is 0.748. The third-order valence-electron chi connectivity index (χ3n) is 6.05. The van der Waals surface area contributed by atoms with Crippen molar-refractivity contribution in [2.24, 2.45) is 7.05 Å². The summed E-state index contributed by atoms with van der Waals surface area (Å²) in [6.45, 7) is -0.201. The van der Waals surface area contributed by atoms with Gasteiger partial charge in [0.2, 0.25) is 5.95 Å². The first kappa shape index (κ1) is 25.8. The third-order valence-corrected chi connectivity index (χ3v) is 7.00. The third kappa shape index (κ3) is 4.52. The van der Waals surface area contributed by atoms with E-state index in [4.69, 9.17) is 11.6 Å². The minimum atomic E-state index is -1.66. The summed E-state index contributed by atoms with van der Waals surface area (Å²) >= 11 is 7.72. The molecule has 1 N–H and O–H groups in total. The van der Waals surface area contributed by atoms with Crippen molar-refractivity contribution in [2.75, 3.05) is 5.32 Å². The molecule has 0 unspecified atom stereocenters. The number of benzene rings is 2. The Bertz CT molecular complexity index is 1820. The molecule has 0 saturated carbocycles. The Labute approximate surface area is 223 Å². The summed E-state index contributed by atoms with van der Waals surface area (Å²) in [5.74, 6) is -4.05. The van der Waals surface area contributed by atoms with Gasteiger partial charge in [0.15, 0.2) is 11.6 Å². The van der Waals surface area contributed by atoms with Gasteiger partial charge in [-0.25, -0.2) is 32.3 Å². The molecule has 2 aromatic carbocycles. The largest absolute Gasteiger partial charge is 0.355 e. The maximum absolute atomic E-state index is 15.0. The number of anilines is 2. The summed E-state index contributed by atoms with van der Waals surface area (Å²) < 4.78 is 46.3. The molecule has 0 aliphatic carbocycles. The predicted octanol–water partition coefficient (Wildman–Crippen LogP) is 1.54. The monoisotopic (exact) mass is 557 g/mol. The number of aryl methyl sites for hydroxylation is 1. The van der Waals surface area contributed by atoms with Gasteiger partial charge < -0.3 is 5.32 Å². The van der Waals surface area contributed by atoms with Gasteiger partial charge in [-0.05, 0) is 18.2 Å². The molecule has 3 heterocycles. The van der Waals surface area contributed by atoms with Gasteiger partial charge in [-0.3, -0.25) is 9.25 Å². The standard InChI is InChI=1S/C22H17B2ClF3N7O2S/c1-33-6-10-2-18(13(25)4-17(10)32-33)30-19-31-20(36)34(7-11-8-38-9-29-11)21(37)35(19)22(23,24)12-3-15(27)16(28)5-14(12)26/h2-6,8-9H,7,23-24H2,1H3,(H,30,31,36). The van der Waals surface area contributed by atoms with Crippen molar-refractivity contribution in [3.05, 3.63) is 96.1 Å². The fourth-order valence-electron chi connectivity index (χ4n) is 4.19. The molecule has 0 amide bonds. The molecule has 0 spiro atoms. The van der Waals surface area contributed by atoms with Crippen LogP contribution >= 0.6 is 22.9 Å². The Morgan fingerprint density at radius 3 is 2.55 bits per heavy atom. The molecular formula is C22H17B2ClF3N7O2S. The summed E-state index contributed by atoms with van der Waals surface area (Å²) in [6.07, 6.45) is 1.74. The summed E-state index contributed by atoms with van der Waals surface area (Å²) in [6, 6.07) is 4.31. The molecule has 5 rings (SSSR count). The van der Waals surface area contributed by atoms with Gasteiger partial charge in [-0.2, -0.15) is 10.1 Å². The van der Waals surface area contributed by atoms with Crippen molar-refractivity contribution in [1.82, 2.24) is 28.9 Å². The lowest BCUT2D eigenvalue weighted by atomic mass is 9.57. The first-order valence-electron chi connectivity index (χ1n) is 11.1. The van der Waals surface area contributed by atoms with Gasteiger partial charge in [-0.1, -0.05) is 11.6 Å². The summed E-state index contributed by atoms with van der Waals surface area (Å²) in [4.78, 5) is 35.0. The van der Waals surface area contributed by atoms with E-state index in [1.54, 1.807) is 40.9 Å². The van der Waals surface area contributed by atoms with Gasteiger partial charge >= 0.3 is 11.4 Å². The molecule has 9 nitrogen and oxygen atoms in total. The Balaban J connectivity index is 1.74. The van der Waals surface area contributed by atoms with E-state index >= 15 is 0 Å². The number of thiazole rings is 1. The first-order valence-corrected chi connectivity index (χ1v) is 12.4. The molecule has 3 aromatic heterocycles. The van der Waals surface area contributed by atoms with Crippen LogP contribution in [0.5, 0.6) is 0 Å². The van der Waals surface area contributed by atoms with Crippen LogP contribution in [0.3, 0.4) is 0 Å². The normalized spacial score (nSPS) is 11.8. The molecule has 5 aromatic rings. The molecular weight excluding hydrogens is 540 g/mol. The number of hydrogen-bond donors (Lipinski definition) is 1. The smallest absolute Gasteiger partial charge is 0.324 e. The molecule has 192 valence electrons. The second-order valence-corrected chi connectivity index (χ2v) is 10.2.